The first-order valence-corrected chi connectivity index (χ1v) is 5.82. The van der Waals surface area contributed by atoms with Crippen molar-refractivity contribution in [2.45, 2.75) is 24.9 Å². The average molecular weight is 242 g/mol. The molecule has 4 N–H and O–H groups in total. The van der Waals surface area contributed by atoms with E-state index in [9.17, 15) is 9.59 Å². The summed E-state index contributed by atoms with van der Waals surface area (Å²) in [6.45, 7) is 1.56. The number of nitrogens with two attached hydrogens (primary N) is 1. The van der Waals surface area contributed by atoms with Crippen LogP contribution in [0.2, 0.25) is 0 Å². The minimum Gasteiger partial charge on any atom is -0.378 e. The van der Waals surface area contributed by atoms with Crippen molar-refractivity contribution >= 4 is 11.8 Å². The van der Waals surface area contributed by atoms with Crippen molar-refractivity contribution in [2.24, 2.45) is 5.84 Å². The van der Waals surface area contributed by atoms with Crippen LogP contribution in [0.1, 0.15) is 12.8 Å². The number of hydrogen-bond acceptors (Lipinski definition) is 5. The van der Waals surface area contributed by atoms with Crippen LogP contribution in [0.5, 0.6) is 0 Å². The third-order valence-electron chi connectivity index (χ3n) is 2.97. The van der Waals surface area contributed by atoms with Gasteiger partial charge in [0.1, 0.15) is 6.04 Å². The van der Waals surface area contributed by atoms with E-state index in [1.807, 2.05) is 0 Å². The van der Waals surface area contributed by atoms with Crippen molar-refractivity contribution in [3.8, 4) is 0 Å². The Labute approximate surface area is 99.6 Å². The Bertz CT molecular complexity index is 306. The molecule has 2 fully saturated rings. The lowest BCUT2D eigenvalue weighted by Crippen LogP contribution is -2.56. The predicted molar refractivity (Wildman–Crippen MR) is 59.7 cm³/mol. The zero-order chi connectivity index (χ0) is 12.3. The summed E-state index contributed by atoms with van der Waals surface area (Å²) in [7, 11) is 0. The first-order valence-electron chi connectivity index (χ1n) is 5.82. The van der Waals surface area contributed by atoms with Gasteiger partial charge in [-0.05, 0) is 12.8 Å². The van der Waals surface area contributed by atoms with Gasteiger partial charge in [-0.1, -0.05) is 0 Å². The lowest BCUT2D eigenvalue weighted by molar-refractivity contribution is -0.135. The van der Waals surface area contributed by atoms with Gasteiger partial charge >= 0.3 is 0 Å². The molecule has 1 heterocycles. The topological polar surface area (TPSA) is 96.7 Å². The average Bonchev–Trinajstić information content (AvgIpc) is 3.13. The normalized spacial score (nSPS) is 25.4. The van der Waals surface area contributed by atoms with E-state index < -0.39 is 0 Å². The number of carbonyl (C=O) groups excluding carboxylic acids is 2. The van der Waals surface area contributed by atoms with Gasteiger partial charge in [-0.2, -0.15) is 0 Å². The van der Waals surface area contributed by atoms with Crippen molar-refractivity contribution in [2.75, 3.05) is 26.3 Å². The first kappa shape index (κ1) is 12.3. The number of carbonyl (C=O) groups is 2. The van der Waals surface area contributed by atoms with Crippen LogP contribution in [-0.2, 0) is 14.3 Å². The molecule has 7 nitrogen and oxygen atoms in total. The van der Waals surface area contributed by atoms with Gasteiger partial charge in [0.25, 0.3) is 0 Å². The molecule has 17 heavy (non-hydrogen) atoms. The smallest absolute Gasteiger partial charge is 0.248 e. The minimum absolute atomic E-state index is 0.0583. The minimum atomic E-state index is -0.387. The second kappa shape index (κ2) is 5.44. The monoisotopic (exact) mass is 242 g/mol. The highest BCUT2D eigenvalue weighted by molar-refractivity contribution is 5.84. The van der Waals surface area contributed by atoms with Gasteiger partial charge in [0.15, 0.2) is 0 Å². The number of nitrogens with zero attached hydrogens (tertiary/aromatic N) is 1. The molecule has 0 bridgehead atoms. The number of ether oxygens (including phenoxy) is 1. The Morgan fingerprint density at radius 2 is 2.18 bits per heavy atom. The summed E-state index contributed by atoms with van der Waals surface area (Å²) in [5, 5.41) is 2.92. The number of hydrazine groups is 1. The summed E-state index contributed by atoms with van der Waals surface area (Å²) >= 11 is 0. The number of hydrogen-bond donors (Lipinski definition) is 3. The van der Waals surface area contributed by atoms with Crippen LogP contribution in [0.3, 0.4) is 0 Å². The third-order valence-corrected chi connectivity index (χ3v) is 2.97. The van der Waals surface area contributed by atoms with Gasteiger partial charge in [0.2, 0.25) is 11.8 Å². The van der Waals surface area contributed by atoms with E-state index in [1.54, 1.807) is 4.90 Å². The van der Waals surface area contributed by atoms with Crippen LogP contribution < -0.4 is 16.6 Å². The molecule has 7 heteroatoms. The van der Waals surface area contributed by atoms with Gasteiger partial charge in [0, 0.05) is 12.6 Å². The number of amides is 2. The molecule has 2 aliphatic rings. The van der Waals surface area contributed by atoms with E-state index in [4.69, 9.17) is 10.6 Å². The van der Waals surface area contributed by atoms with Crippen molar-refractivity contribution in [1.29, 1.82) is 0 Å². The van der Waals surface area contributed by atoms with Gasteiger partial charge in [-0.25, -0.2) is 5.84 Å². The third kappa shape index (κ3) is 3.39. The van der Waals surface area contributed by atoms with E-state index in [0.29, 0.717) is 25.8 Å². The Hall–Kier alpha value is -1.18. The molecule has 0 aromatic carbocycles. The van der Waals surface area contributed by atoms with E-state index >= 15 is 0 Å². The summed E-state index contributed by atoms with van der Waals surface area (Å²) in [5.74, 6) is 4.69. The molecule has 1 saturated carbocycles. The molecule has 1 saturated heterocycles. The molecule has 0 radical (unpaired) electrons. The standard InChI is InChI=1S/C10H18N4O3/c11-13-9(15)5-14-3-4-17-6-8(14)10(16)12-7-1-2-7/h7-8H,1-6,11H2,(H,12,16)(H,13,15). The lowest BCUT2D eigenvalue weighted by atomic mass is 10.2. The molecule has 0 spiro atoms. The van der Waals surface area contributed by atoms with Crippen molar-refractivity contribution in [3.05, 3.63) is 0 Å². The molecule has 1 atom stereocenters. The van der Waals surface area contributed by atoms with Crippen LogP contribution in [0, 0.1) is 0 Å². The fourth-order valence-corrected chi connectivity index (χ4v) is 1.82. The molecule has 2 amide bonds. The number of nitrogens with one attached hydrogen (secondary N) is 2. The summed E-state index contributed by atoms with van der Waals surface area (Å²) < 4.78 is 5.29. The second-order valence-electron chi connectivity index (χ2n) is 4.41. The first-order chi connectivity index (χ1) is 8.20. The SMILES string of the molecule is NNC(=O)CN1CCOCC1C(=O)NC1CC1. The molecule has 2 rings (SSSR count). The Balaban J connectivity index is 1.90. The van der Waals surface area contributed by atoms with Crippen LogP contribution in [0.15, 0.2) is 0 Å². The highest BCUT2D eigenvalue weighted by atomic mass is 16.5. The van der Waals surface area contributed by atoms with E-state index in [0.717, 1.165) is 12.8 Å². The summed E-state index contributed by atoms with van der Waals surface area (Å²) in [4.78, 5) is 25.0. The van der Waals surface area contributed by atoms with Gasteiger partial charge < -0.3 is 10.1 Å². The highest BCUT2D eigenvalue weighted by Crippen LogP contribution is 2.19. The molecule has 96 valence electrons. The Kier molecular flexibility index (Phi) is 3.93. The maximum atomic E-state index is 11.9. The fraction of sp³-hybridized carbons (Fsp3) is 0.800. The molecule has 0 aromatic rings. The molecule has 0 aromatic heterocycles. The molecular formula is C10H18N4O3. The number of morpholine rings is 1. The fourth-order valence-electron chi connectivity index (χ4n) is 1.82. The summed E-state index contributed by atoms with van der Waals surface area (Å²) in [6, 6.07) is -0.0729. The highest BCUT2D eigenvalue weighted by Gasteiger charge is 2.33. The summed E-state index contributed by atoms with van der Waals surface area (Å²) in [5.41, 5.74) is 2.07. The van der Waals surface area contributed by atoms with Crippen molar-refractivity contribution in [3.63, 3.8) is 0 Å². The van der Waals surface area contributed by atoms with Gasteiger partial charge in [0.05, 0.1) is 19.8 Å². The van der Waals surface area contributed by atoms with E-state index in [1.165, 1.54) is 0 Å². The maximum Gasteiger partial charge on any atom is 0.248 e. The maximum absolute atomic E-state index is 11.9. The molecule has 1 aliphatic heterocycles. The van der Waals surface area contributed by atoms with Crippen molar-refractivity contribution < 1.29 is 14.3 Å². The molecule has 1 aliphatic carbocycles. The Morgan fingerprint density at radius 1 is 1.41 bits per heavy atom. The van der Waals surface area contributed by atoms with Crippen molar-refractivity contribution in [1.82, 2.24) is 15.6 Å². The molecular weight excluding hydrogens is 224 g/mol. The van der Waals surface area contributed by atoms with E-state index in [-0.39, 0.29) is 24.4 Å². The second-order valence-corrected chi connectivity index (χ2v) is 4.41. The van der Waals surface area contributed by atoms with Gasteiger partial charge in [-0.3, -0.25) is 19.9 Å². The lowest BCUT2D eigenvalue weighted by Gasteiger charge is -2.33. The van der Waals surface area contributed by atoms with Crippen LogP contribution in [-0.4, -0.2) is 55.1 Å². The predicted octanol–water partition coefficient (Wildman–Crippen LogP) is -2.04. The number of rotatable bonds is 4. The van der Waals surface area contributed by atoms with Crippen LogP contribution >= 0.6 is 0 Å². The van der Waals surface area contributed by atoms with Gasteiger partial charge in [-0.15, -0.1) is 0 Å². The van der Waals surface area contributed by atoms with Crippen LogP contribution in [0.4, 0.5) is 0 Å². The molecule has 1 unspecified atom stereocenters. The zero-order valence-electron chi connectivity index (χ0n) is 9.65. The van der Waals surface area contributed by atoms with Crippen LogP contribution in [0.25, 0.3) is 0 Å². The largest absolute Gasteiger partial charge is 0.378 e. The summed E-state index contributed by atoms with van der Waals surface area (Å²) in [6.07, 6.45) is 2.09. The zero-order valence-corrected chi connectivity index (χ0v) is 9.65. The quantitative estimate of drug-likeness (QED) is 0.300. The van der Waals surface area contributed by atoms with E-state index in [2.05, 4.69) is 10.7 Å². The Morgan fingerprint density at radius 3 is 2.82 bits per heavy atom.